The Bertz CT molecular complexity index is 574. The third-order valence-corrected chi connectivity index (χ3v) is 4.61. The van der Waals surface area contributed by atoms with Gasteiger partial charge >= 0.3 is 0 Å². The fourth-order valence-electron chi connectivity index (χ4n) is 3.21. The minimum absolute atomic E-state index is 0.0444. The molecule has 3 unspecified atom stereocenters. The van der Waals surface area contributed by atoms with Gasteiger partial charge in [0.25, 0.3) is 0 Å². The smallest absolute Gasteiger partial charge is 0.0369 e. The van der Waals surface area contributed by atoms with E-state index in [1.165, 1.54) is 22.3 Å². The normalized spacial score (nSPS) is 15.5. The zero-order valence-corrected chi connectivity index (χ0v) is 13.6. The van der Waals surface area contributed by atoms with Gasteiger partial charge in [0.05, 0.1) is 0 Å². The first-order valence-corrected chi connectivity index (χ1v) is 7.92. The van der Waals surface area contributed by atoms with Crippen molar-refractivity contribution in [2.24, 2.45) is 11.7 Å². The molecular formula is C20H27N. The topological polar surface area (TPSA) is 26.0 Å². The second kappa shape index (κ2) is 6.91. The van der Waals surface area contributed by atoms with Crippen LogP contribution in [0.15, 0.2) is 48.5 Å². The highest BCUT2D eigenvalue weighted by atomic mass is 14.7. The molecule has 0 heterocycles. The van der Waals surface area contributed by atoms with Gasteiger partial charge in [-0.05, 0) is 36.5 Å². The van der Waals surface area contributed by atoms with E-state index in [-0.39, 0.29) is 6.04 Å². The first-order valence-electron chi connectivity index (χ1n) is 7.92. The average molecular weight is 281 g/mol. The third kappa shape index (κ3) is 3.54. The number of aryl methyl sites for hydroxylation is 2. The summed E-state index contributed by atoms with van der Waals surface area (Å²) in [6.45, 7) is 8.85. The van der Waals surface area contributed by atoms with Crippen LogP contribution < -0.4 is 5.73 Å². The summed E-state index contributed by atoms with van der Waals surface area (Å²) in [7, 11) is 0. The fourth-order valence-corrected chi connectivity index (χ4v) is 3.21. The van der Waals surface area contributed by atoms with Crippen molar-refractivity contribution in [3.05, 3.63) is 70.8 Å². The summed E-state index contributed by atoms with van der Waals surface area (Å²) >= 11 is 0. The van der Waals surface area contributed by atoms with Crippen LogP contribution in [0.4, 0.5) is 0 Å². The molecule has 0 aliphatic rings. The molecule has 0 fully saturated rings. The lowest BCUT2D eigenvalue weighted by atomic mass is 9.77. The first kappa shape index (κ1) is 15.8. The van der Waals surface area contributed by atoms with E-state index < -0.39 is 0 Å². The van der Waals surface area contributed by atoms with E-state index in [1.807, 2.05) is 0 Å². The van der Waals surface area contributed by atoms with Gasteiger partial charge in [-0.25, -0.2) is 0 Å². The van der Waals surface area contributed by atoms with Crippen molar-refractivity contribution >= 4 is 0 Å². The van der Waals surface area contributed by atoms with Gasteiger partial charge in [0.15, 0.2) is 0 Å². The molecule has 21 heavy (non-hydrogen) atoms. The Balaban J connectivity index is 2.41. The van der Waals surface area contributed by atoms with Crippen molar-refractivity contribution in [2.45, 2.75) is 46.1 Å². The molecule has 0 radical (unpaired) electrons. The Hall–Kier alpha value is -1.60. The van der Waals surface area contributed by atoms with Crippen LogP contribution >= 0.6 is 0 Å². The Kier molecular flexibility index (Phi) is 5.19. The van der Waals surface area contributed by atoms with Crippen LogP contribution in [0.3, 0.4) is 0 Å². The van der Waals surface area contributed by atoms with Crippen molar-refractivity contribution < 1.29 is 0 Å². The number of rotatable bonds is 5. The molecule has 112 valence electrons. The van der Waals surface area contributed by atoms with Gasteiger partial charge in [-0.3, -0.25) is 0 Å². The average Bonchev–Trinajstić information content (AvgIpc) is 2.48. The summed E-state index contributed by atoms with van der Waals surface area (Å²) in [6, 6.07) is 17.4. The van der Waals surface area contributed by atoms with E-state index in [2.05, 4.69) is 76.2 Å². The standard InChI is InChI=1S/C20H27N/c1-5-15(3)19(17-9-7-6-8-10-17)20(21)18-12-11-14(2)13-16(18)4/h6-13,15,19-20H,5,21H2,1-4H3. The van der Waals surface area contributed by atoms with Gasteiger partial charge in [-0.2, -0.15) is 0 Å². The molecule has 2 aromatic rings. The van der Waals surface area contributed by atoms with Crippen molar-refractivity contribution in [2.75, 3.05) is 0 Å². The predicted molar refractivity (Wildman–Crippen MR) is 91.5 cm³/mol. The quantitative estimate of drug-likeness (QED) is 0.807. The zero-order chi connectivity index (χ0) is 15.4. The molecule has 2 rings (SSSR count). The zero-order valence-electron chi connectivity index (χ0n) is 13.6. The van der Waals surface area contributed by atoms with Gasteiger partial charge in [0.1, 0.15) is 0 Å². The summed E-state index contributed by atoms with van der Waals surface area (Å²) in [4.78, 5) is 0. The van der Waals surface area contributed by atoms with Crippen molar-refractivity contribution in [1.82, 2.24) is 0 Å². The third-order valence-electron chi connectivity index (χ3n) is 4.61. The summed E-state index contributed by atoms with van der Waals surface area (Å²) in [5.74, 6) is 0.917. The lowest BCUT2D eigenvalue weighted by molar-refractivity contribution is 0.387. The van der Waals surface area contributed by atoms with Crippen LogP contribution in [0.1, 0.15) is 54.5 Å². The molecule has 0 aliphatic heterocycles. The van der Waals surface area contributed by atoms with E-state index in [1.54, 1.807) is 0 Å². The Morgan fingerprint density at radius 3 is 2.24 bits per heavy atom. The summed E-state index contributed by atoms with van der Waals surface area (Å²) in [5, 5.41) is 0. The molecule has 1 heteroatoms. The minimum atomic E-state index is 0.0444. The first-order chi connectivity index (χ1) is 10.0. The summed E-state index contributed by atoms with van der Waals surface area (Å²) < 4.78 is 0. The predicted octanol–water partition coefficient (Wildman–Crippen LogP) is 5.13. The molecule has 0 bridgehead atoms. The maximum absolute atomic E-state index is 6.70. The Labute approximate surface area is 129 Å². The molecule has 0 aliphatic carbocycles. The van der Waals surface area contributed by atoms with Gasteiger partial charge < -0.3 is 5.73 Å². The SMILES string of the molecule is CCC(C)C(c1ccccc1)C(N)c1ccc(C)cc1C. The monoisotopic (exact) mass is 281 g/mol. The van der Waals surface area contributed by atoms with Crippen molar-refractivity contribution in [3.8, 4) is 0 Å². The van der Waals surface area contributed by atoms with E-state index in [0.717, 1.165) is 6.42 Å². The molecule has 2 aromatic carbocycles. The van der Waals surface area contributed by atoms with E-state index >= 15 is 0 Å². The second-order valence-corrected chi connectivity index (χ2v) is 6.21. The molecule has 0 aromatic heterocycles. The highest BCUT2D eigenvalue weighted by Gasteiger charge is 2.26. The number of hydrogen-bond donors (Lipinski definition) is 1. The van der Waals surface area contributed by atoms with Crippen LogP contribution in [-0.4, -0.2) is 0 Å². The molecule has 1 nitrogen and oxygen atoms in total. The lowest BCUT2D eigenvalue weighted by Gasteiger charge is -2.31. The Morgan fingerprint density at radius 1 is 1.00 bits per heavy atom. The van der Waals surface area contributed by atoms with Gasteiger partial charge in [0, 0.05) is 12.0 Å². The van der Waals surface area contributed by atoms with Gasteiger partial charge in [-0.1, -0.05) is 74.4 Å². The minimum Gasteiger partial charge on any atom is -0.323 e. The number of nitrogens with two attached hydrogens (primary N) is 1. The molecule has 0 saturated carbocycles. The number of hydrogen-bond acceptors (Lipinski definition) is 1. The maximum Gasteiger partial charge on any atom is 0.0369 e. The second-order valence-electron chi connectivity index (χ2n) is 6.21. The summed E-state index contributed by atoms with van der Waals surface area (Å²) in [5.41, 5.74) is 11.9. The molecule has 0 saturated heterocycles. The molecule has 0 amide bonds. The summed E-state index contributed by atoms with van der Waals surface area (Å²) in [6.07, 6.45) is 1.14. The highest BCUT2D eigenvalue weighted by Crippen LogP contribution is 2.37. The van der Waals surface area contributed by atoms with Crippen LogP contribution in [-0.2, 0) is 0 Å². The largest absolute Gasteiger partial charge is 0.323 e. The molecular weight excluding hydrogens is 254 g/mol. The van der Waals surface area contributed by atoms with Crippen LogP contribution in [0.25, 0.3) is 0 Å². The van der Waals surface area contributed by atoms with E-state index in [9.17, 15) is 0 Å². The van der Waals surface area contributed by atoms with Crippen LogP contribution in [0, 0.1) is 19.8 Å². The van der Waals surface area contributed by atoms with Gasteiger partial charge in [-0.15, -0.1) is 0 Å². The maximum atomic E-state index is 6.70. The molecule has 3 atom stereocenters. The van der Waals surface area contributed by atoms with E-state index in [4.69, 9.17) is 5.73 Å². The van der Waals surface area contributed by atoms with Crippen molar-refractivity contribution in [1.29, 1.82) is 0 Å². The van der Waals surface area contributed by atoms with Crippen LogP contribution in [0.5, 0.6) is 0 Å². The fraction of sp³-hybridized carbons (Fsp3) is 0.400. The highest BCUT2D eigenvalue weighted by molar-refractivity contribution is 5.36. The van der Waals surface area contributed by atoms with E-state index in [0.29, 0.717) is 11.8 Å². The number of benzene rings is 2. The van der Waals surface area contributed by atoms with Crippen LogP contribution in [0.2, 0.25) is 0 Å². The Morgan fingerprint density at radius 2 is 1.67 bits per heavy atom. The van der Waals surface area contributed by atoms with Crippen molar-refractivity contribution in [3.63, 3.8) is 0 Å². The lowest BCUT2D eigenvalue weighted by Crippen LogP contribution is -2.25. The molecule has 0 spiro atoms. The molecule has 2 N–H and O–H groups in total. The van der Waals surface area contributed by atoms with Gasteiger partial charge in [0.2, 0.25) is 0 Å².